The Labute approximate surface area is 324 Å². The largest absolute Gasteiger partial charge is 0.491 e. The van der Waals surface area contributed by atoms with Gasteiger partial charge in [-0.2, -0.15) is 4.31 Å². The number of imide groups is 2. The monoisotopic (exact) mass is 788 g/mol. The number of nitrogens with zero attached hydrogens (tertiary/aromatic N) is 6. The predicted octanol–water partition coefficient (Wildman–Crippen LogP) is 2.36. The van der Waals surface area contributed by atoms with Crippen LogP contribution >= 0.6 is 0 Å². The third-order valence-electron chi connectivity index (χ3n) is 10.7. The number of piperidine rings is 1. The summed E-state index contributed by atoms with van der Waals surface area (Å²) < 4.78 is 44.4. The topological polar surface area (TPSA) is 194 Å². The predicted molar refractivity (Wildman–Crippen MR) is 203 cm³/mol. The number of hydrogen-bond donors (Lipinski definition) is 2. The summed E-state index contributed by atoms with van der Waals surface area (Å²) in [6.45, 7) is 10.5. The third-order valence-corrected chi connectivity index (χ3v) is 12.6. The van der Waals surface area contributed by atoms with Crippen LogP contribution in [0.2, 0.25) is 0 Å². The molecular weight excluding hydrogens is 745 g/mol. The highest BCUT2D eigenvalue weighted by Crippen LogP contribution is 2.32. The van der Waals surface area contributed by atoms with Crippen molar-refractivity contribution in [3.05, 3.63) is 65.3 Å². The maximum atomic E-state index is 13.0. The molecule has 2 N–H and O–H groups in total. The van der Waals surface area contributed by atoms with Gasteiger partial charge in [0.25, 0.3) is 11.8 Å². The highest BCUT2D eigenvalue weighted by Gasteiger charge is 2.44. The Kier molecular flexibility index (Phi) is 12.2. The first-order valence-electron chi connectivity index (χ1n) is 18.9. The number of piperazine rings is 1. The van der Waals surface area contributed by atoms with Crippen LogP contribution in [0.1, 0.15) is 59.2 Å². The average molecular weight is 789 g/mol. The number of rotatable bonds is 15. The molecule has 3 aliphatic heterocycles. The molecule has 56 heavy (non-hydrogen) atoms. The van der Waals surface area contributed by atoms with E-state index in [4.69, 9.17) is 20.8 Å². The van der Waals surface area contributed by atoms with Gasteiger partial charge in [0, 0.05) is 50.1 Å². The van der Waals surface area contributed by atoms with Crippen LogP contribution in [0.25, 0.3) is 15.7 Å². The van der Waals surface area contributed by atoms with E-state index < -0.39 is 39.7 Å². The first kappa shape index (κ1) is 39.2. The normalized spacial score (nSPS) is 22.2. The number of nitrogens with one attached hydrogen (secondary N) is 2. The van der Waals surface area contributed by atoms with E-state index in [0.29, 0.717) is 43.7 Å². The molecule has 0 radical (unpaired) electrons. The van der Waals surface area contributed by atoms with Gasteiger partial charge in [-0.05, 0) is 62.4 Å². The van der Waals surface area contributed by atoms with Gasteiger partial charge in [0.1, 0.15) is 30.5 Å². The van der Waals surface area contributed by atoms with Crippen LogP contribution in [-0.2, 0) is 29.1 Å². The number of carbonyl (C=O) groups is 4. The van der Waals surface area contributed by atoms with Crippen molar-refractivity contribution in [1.82, 2.24) is 29.4 Å². The fraction of sp³-hybridized carbons (Fsp3) is 0.500. The van der Waals surface area contributed by atoms with Crippen molar-refractivity contribution >= 4 is 56.1 Å². The highest BCUT2D eigenvalue weighted by molar-refractivity contribution is 7.89. The zero-order valence-electron chi connectivity index (χ0n) is 30.9. The summed E-state index contributed by atoms with van der Waals surface area (Å²) in [4.78, 5) is 65.2. The Hall–Kier alpha value is -5.06. The maximum Gasteiger partial charge on any atom is 0.262 e. The maximum absolute atomic E-state index is 13.0. The summed E-state index contributed by atoms with van der Waals surface area (Å²) in [7, 11) is -3.46. The summed E-state index contributed by atoms with van der Waals surface area (Å²) >= 11 is 0. The van der Waals surface area contributed by atoms with Gasteiger partial charge in [-0.3, -0.25) is 34.3 Å². The summed E-state index contributed by atoms with van der Waals surface area (Å²) in [6, 6.07) is 9.55. The van der Waals surface area contributed by atoms with Crippen molar-refractivity contribution in [2.24, 2.45) is 0 Å². The van der Waals surface area contributed by atoms with Crippen LogP contribution in [0.5, 0.6) is 5.75 Å². The van der Waals surface area contributed by atoms with Gasteiger partial charge in [0.2, 0.25) is 21.8 Å². The lowest BCUT2D eigenvalue weighted by Gasteiger charge is -2.41. The SMILES string of the molecule is [C-]#[N+]c1ccc2ncnc(NC3CCC(N4CCN(S(=O)(=O)CCOCCOCCOc5ccc6c(c5)C(=O)N(C5CCC(=O)NC5=O)C6=O)CC4)CC3)c2c1. The standard InChI is InChI=1S/C38H44N8O9S/c1-39-26-4-9-32-31(22-26)35(41-24-40-32)42-25-2-5-27(6-3-25)44-12-14-45(15-13-44)56(51,52)21-20-54-17-16-53-18-19-55-28-7-8-29-30(23-28)38(50)46(37(29)49)33-10-11-34(47)43-36(33)48/h4,7-9,22-25,27,33H,2-3,5-6,10-21H2,(H,40,41,42)(H,43,47,48). The fourth-order valence-electron chi connectivity index (χ4n) is 7.73. The van der Waals surface area contributed by atoms with Gasteiger partial charge in [0.15, 0.2) is 5.69 Å². The van der Waals surface area contributed by atoms with Gasteiger partial charge in [-0.1, -0.05) is 6.07 Å². The number of benzene rings is 2. The number of fused-ring (bicyclic) bond motifs is 2. The second-order valence-corrected chi connectivity index (χ2v) is 16.3. The zero-order valence-corrected chi connectivity index (χ0v) is 31.7. The number of ether oxygens (including phenoxy) is 3. The molecule has 2 aromatic carbocycles. The molecule has 4 amide bonds. The first-order valence-corrected chi connectivity index (χ1v) is 20.5. The molecule has 18 heteroatoms. The summed E-state index contributed by atoms with van der Waals surface area (Å²) in [5.74, 6) is -1.31. The quantitative estimate of drug-likeness (QED) is 0.130. The van der Waals surface area contributed by atoms with Gasteiger partial charge in [0.05, 0.1) is 55.4 Å². The number of sulfonamides is 1. The lowest BCUT2D eigenvalue weighted by atomic mass is 9.89. The Balaban J connectivity index is 0.751. The van der Waals surface area contributed by atoms with Gasteiger partial charge in [-0.15, -0.1) is 0 Å². The van der Waals surface area contributed by atoms with Crippen molar-refractivity contribution in [3.8, 4) is 5.75 Å². The van der Waals surface area contributed by atoms with E-state index in [2.05, 4.69) is 30.3 Å². The lowest BCUT2D eigenvalue weighted by molar-refractivity contribution is -0.136. The highest BCUT2D eigenvalue weighted by atomic mass is 32.2. The molecule has 1 unspecified atom stereocenters. The van der Waals surface area contributed by atoms with Crippen LogP contribution < -0.4 is 15.4 Å². The smallest absolute Gasteiger partial charge is 0.262 e. The molecule has 7 rings (SSSR count). The number of aromatic nitrogens is 2. The van der Waals surface area contributed by atoms with Gasteiger partial charge >= 0.3 is 0 Å². The Morgan fingerprint density at radius 3 is 2.32 bits per heavy atom. The molecule has 296 valence electrons. The molecule has 3 fully saturated rings. The molecule has 4 aliphatic rings. The van der Waals surface area contributed by atoms with E-state index in [1.807, 2.05) is 12.1 Å². The summed E-state index contributed by atoms with van der Waals surface area (Å²) in [5.41, 5.74) is 1.65. The molecule has 0 spiro atoms. The zero-order chi connectivity index (χ0) is 39.2. The van der Waals surface area contributed by atoms with Crippen molar-refractivity contribution in [2.75, 3.05) is 70.3 Å². The molecule has 4 heterocycles. The van der Waals surface area contributed by atoms with Gasteiger partial charge < -0.3 is 19.5 Å². The molecule has 0 bridgehead atoms. The molecule has 3 aromatic rings. The number of hydrogen-bond acceptors (Lipinski definition) is 13. The van der Waals surface area contributed by atoms with Crippen LogP contribution in [0.4, 0.5) is 11.5 Å². The first-order chi connectivity index (χ1) is 27.1. The van der Waals surface area contributed by atoms with E-state index >= 15 is 0 Å². The van der Waals surface area contributed by atoms with E-state index in [-0.39, 0.29) is 68.8 Å². The Bertz CT molecular complexity index is 2130. The molecule has 2 saturated heterocycles. The molecular formula is C38H44N8O9S. The number of carbonyl (C=O) groups excluding carboxylic acids is 4. The van der Waals surface area contributed by atoms with Crippen LogP contribution in [0.3, 0.4) is 0 Å². The van der Waals surface area contributed by atoms with Crippen molar-refractivity contribution < 1.29 is 41.8 Å². The minimum atomic E-state index is -3.46. The van der Waals surface area contributed by atoms with Crippen LogP contribution in [0.15, 0.2) is 42.7 Å². The fourth-order valence-corrected chi connectivity index (χ4v) is 9.03. The molecule has 1 aromatic heterocycles. The lowest BCUT2D eigenvalue weighted by Crippen LogP contribution is -2.54. The summed E-state index contributed by atoms with van der Waals surface area (Å²) in [5, 5.41) is 6.59. The molecule has 17 nitrogen and oxygen atoms in total. The third kappa shape index (κ3) is 8.82. The average Bonchev–Trinajstić information content (AvgIpc) is 3.45. The minimum Gasteiger partial charge on any atom is -0.491 e. The summed E-state index contributed by atoms with van der Waals surface area (Å²) in [6.07, 6.45) is 5.62. The second-order valence-electron chi connectivity index (χ2n) is 14.2. The van der Waals surface area contributed by atoms with Crippen molar-refractivity contribution in [1.29, 1.82) is 0 Å². The van der Waals surface area contributed by atoms with Crippen molar-refractivity contribution in [2.45, 2.75) is 56.7 Å². The number of amides is 4. The van der Waals surface area contributed by atoms with Crippen molar-refractivity contribution in [3.63, 3.8) is 0 Å². The molecule has 1 saturated carbocycles. The van der Waals surface area contributed by atoms with E-state index in [0.717, 1.165) is 47.3 Å². The minimum absolute atomic E-state index is 0.0437. The van der Waals surface area contributed by atoms with Gasteiger partial charge in [-0.25, -0.2) is 23.2 Å². The van der Waals surface area contributed by atoms with E-state index in [1.165, 1.54) is 12.1 Å². The number of anilines is 1. The Morgan fingerprint density at radius 1 is 0.839 bits per heavy atom. The molecule has 1 atom stereocenters. The Morgan fingerprint density at radius 2 is 1.57 bits per heavy atom. The van der Waals surface area contributed by atoms with Crippen LogP contribution in [-0.4, -0.2) is 139 Å². The van der Waals surface area contributed by atoms with E-state index in [9.17, 15) is 27.6 Å². The van der Waals surface area contributed by atoms with E-state index in [1.54, 1.807) is 22.8 Å². The van der Waals surface area contributed by atoms with Crippen LogP contribution in [0, 0.1) is 6.57 Å². The second kappa shape index (κ2) is 17.4. The molecule has 1 aliphatic carbocycles.